The van der Waals surface area contributed by atoms with Crippen LogP contribution in [0.1, 0.15) is 21.0 Å². The molecule has 0 aliphatic rings. The van der Waals surface area contributed by atoms with Gasteiger partial charge in [-0.3, -0.25) is 14.9 Å². The minimum Gasteiger partial charge on any atom is -0.399 e. The van der Waals surface area contributed by atoms with E-state index in [1.807, 2.05) is 0 Å². The first-order valence-corrected chi connectivity index (χ1v) is 5.65. The molecule has 9 heteroatoms. The molecule has 0 saturated heterocycles. The summed E-state index contributed by atoms with van der Waals surface area (Å²) in [6.07, 6.45) is 0. The summed E-state index contributed by atoms with van der Waals surface area (Å²) in [5, 5.41) is 9.04. The Morgan fingerprint density at radius 1 is 1.26 bits per heavy atom. The van der Waals surface area contributed by atoms with Crippen molar-refractivity contribution < 1.29 is 17.9 Å². The molecule has 2 rings (SSSR count). The molecule has 0 unspecified atom stereocenters. The largest absolute Gasteiger partial charge is 0.399 e. The normalized spacial score (nSPS) is 10.2. The average molecular weight is 282 g/mol. The Labute approximate surface area is 110 Å². The van der Waals surface area contributed by atoms with Gasteiger partial charge in [-0.2, -0.15) is 3.89 Å². The first kappa shape index (κ1) is 13.0. The summed E-state index contributed by atoms with van der Waals surface area (Å²) < 4.78 is 17.0. The smallest absolute Gasteiger partial charge is 0.322 e. The van der Waals surface area contributed by atoms with E-state index in [2.05, 4.69) is 15.5 Å². The molecule has 2 aromatic rings. The van der Waals surface area contributed by atoms with Gasteiger partial charge in [0.25, 0.3) is 5.91 Å². The highest BCUT2D eigenvalue weighted by atomic mass is 32.2. The highest BCUT2D eigenvalue weighted by Gasteiger charge is 2.14. The molecule has 0 atom stereocenters. The Morgan fingerprint density at radius 2 is 1.95 bits per heavy atom. The zero-order valence-corrected chi connectivity index (χ0v) is 10.1. The summed E-state index contributed by atoms with van der Waals surface area (Å²) >= 11 is 0.0758. The molecule has 0 fully saturated rings. The number of nitrogens with zero attached hydrogens (tertiary/aromatic N) is 2. The van der Waals surface area contributed by atoms with E-state index in [9.17, 15) is 13.5 Å². The lowest BCUT2D eigenvalue weighted by Gasteiger charge is -2.00. The van der Waals surface area contributed by atoms with Gasteiger partial charge in [0.1, 0.15) is 0 Å². The van der Waals surface area contributed by atoms with Crippen molar-refractivity contribution in [2.24, 2.45) is 5.73 Å². The third-order valence-corrected chi connectivity index (χ3v) is 2.51. The fourth-order valence-electron chi connectivity index (χ4n) is 1.20. The molecule has 1 aromatic heterocycles. The molecule has 0 bridgehead atoms. The number of carbonyl (C=O) groups is 2. The van der Waals surface area contributed by atoms with Crippen molar-refractivity contribution in [1.29, 1.82) is 0 Å². The van der Waals surface area contributed by atoms with Gasteiger partial charge in [-0.05, 0) is 24.3 Å². The average Bonchev–Trinajstić information content (AvgIpc) is 2.87. The first-order valence-electron chi connectivity index (χ1n) is 4.93. The van der Waals surface area contributed by atoms with Gasteiger partial charge in [-0.1, -0.05) is 5.10 Å². The van der Waals surface area contributed by atoms with Crippen LogP contribution in [0.5, 0.6) is 0 Å². The summed E-state index contributed by atoms with van der Waals surface area (Å²) in [5.41, 5.74) is 5.19. The maximum atomic E-state index is 12.2. The van der Waals surface area contributed by atoms with Crippen LogP contribution >= 0.6 is 12.1 Å². The van der Waals surface area contributed by atoms with Crippen molar-refractivity contribution in [3.8, 4) is 0 Å². The second kappa shape index (κ2) is 5.48. The van der Waals surface area contributed by atoms with E-state index in [4.69, 9.17) is 10.2 Å². The third-order valence-electron chi connectivity index (χ3n) is 2.06. The standard InChI is InChI=1S/C10H7FN4O3S/c11-19-6-3-1-5(2-4-6)8(17)13-10-15-14-9(18-10)7(12)16/h1-4H,(H2,12,16)(H,13,15,17). The van der Waals surface area contributed by atoms with Crippen molar-refractivity contribution in [3.63, 3.8) is 0 Å². The molecular weight excluding hydrogens is 275 g/mol. The summed E-state index contributed by atoms with van der Waals surface area (Å²) in [4.78, 5) is 22.8. The van der Waals surface area contributed by atoms with Gasteiger partial charge in [0.15, 0.2) is 0 Å². The van der Waals surface area contributed by atoms with Gasteiger partial charge < -0.3 is 10.2 Å². The number of nitrogens with one attached hydrogen (secondary N) is 1. The SMILES string of the molecule is NC(=O)c1nnc(NC(=O)c2ccc(SF)cc2)o1. The molecule has 19 heavy (non-hydrogen) atoms. The van der Waals surface area contributed by atoms with Gasteiger partial charge in [0, 0.05) is 10.5 Å². The van der Waals surface area contributed by atoms with E-state index in [1.54, 1.807) is 0 Å². The van der Waals surface area contributed by atoms with Gasteiger partial charge in [0.2, 0.25) is 0 Å². The Balaban J connectivity index is 2.08. The highest BCUT2D eigenvalue weighted by Crippen LogP contribution is 2.19. The number of halogens is 1. The topological polar surface area (TPSA) is 111 Å². The van der Waals surface area contributed by atoms with Crippen LogP contribution in [0.2, 0.25) is 0 Å². The Hall–Kier alpha value is -2.42. The van der Waals surface area contributed by atoms with E-state index >= 15 is 0 Å². The molecule has 0 aliphatic carbocycles. The lowest BCUT2D eigenvalue weighted by atomic mass is 10.2. The summed E-state index contributed by atoms with van der Waals surface area (Å²) in [6.45, 7) is 0. The van der Waals surface area contributed by atoms with E-state index in [1.165, 1.54) is 24.3 Å². The van der Waals surface area contributed by atoms with Crippen molar-refractivity contribution in [1.82, 2.24) is 10.2 Å². The Kier molecular flexibility index (Phi) is 3.76. The van der Waals surface area contributed by atoms with E-state index in [0.29, 0.717) is 4.90 Å². The number of anilines is 1. The molecule has 1 heterocycles. The number of hydrogen-bond acceptors (Lipinski definition) is 6. The van der Waals surface area contributed by atoms with Crippen LogP contribution in [0.4, 0.5) is 9.90 Å². The number of primary amides is 1. The zero-order chi connectivity index (χ0) is 13.8. The fourth-order valence-corrected chi connectivity index (χ4v) is 1.44. The predicted molar refractivity (Wildman–Crippen MR) is 64.2 cm³/mol. The monoisotopic (exact) mass is 282 g/mol. The fraction of sp³-hybridized carbons (Fsp3) is 0. The second-order valence-corrected chi connectivity index (χ2v) is 3.96. The van der Waals surface area contributed by atoms with Crippen LogP contribution in [-0.4, -0.2) is 22.0 Å². The van der Waals surface area contributed by atoms with Crippen molar-refractivity contribution in [2.45, 2.75) is 4.90 Å². The van der Waals surface area contributed by atoms with Crippen LogP contribution in [0, 0.1) is 0 Å². The van der Waals surface area contributed by atoms with E-state index in [0.717, 1.165) is 0 Å². The van der Waals surface area contributed by atoms with Crippen LogP contribution in [0.15, 0.2) is 33.6 Å². The Morgan fingerprint density at radius 3 is 2.47 bits per heavy atom. The maximum absolute atomic E-state index is 12.2. The summed E-state index contributed by atoms with van der Waals surface area (Å²) in [5.74, 6) is -1.83. The minimum absolute atomic E-state index is 0.0758. The number of benzene rings is 1. The quantitative estimate of drug-likeness (QED) is 0.876. The molecule has 98 valence electrons. The lowest BCUT2D eigenvalue weighted by molar-refractivity contribution is 0.0963. The number of hydrogen-bond donors (Lipinski definition) is 2. The van der Waals surface area contributed by atoms with Crippen molar-refractivity contribution in [2.75, 3.05) is 5.32 Å². The predicted octanol–water partition coefficient (Wildman–Crippen LogP) is 1.40. The second-order valence-electron chi connectivity index (χ2n) is 3.33. The molecular formula is C10H7FN4O3S. The van der Waals surface area contributed by atoms with Crippen LogP contribution in [0.3, 0.4) is 0 Å². The van der Waals surface area contributed by atoms with E-state index < -0.39 is 17.7 Å². The minimum atomic E-state index is -0.891. The van der Waals surface area contributed by atoms with Crippen molar-refractivity contribution >= 4 is 30.0 Å². The number of carbonyl (C=O) groups excluding carboxylic acids is 2. The zero-order valence-electron chi connectivity index (χ0n) is 9.29. The summed E-state index contributed by atoms with van der Waals surface area (Å²) in [6, 6.07) is 5.51. The molecule has 0 saturated carbocycles. The summed E-state index contributed by atoms with van der Waals surface area (Å²) in [7, 11) is 0. The number of rotatable bonds is 4. The molecule has 0 aliphatic heterocycles. The van der Waals surface area contributed by atoms with Gasteiger partial charge >= 0.3 is 17.8 Å². The van der Waals surface area contributed by atoms with Crippen LogP contribution < -0.4 is 11.1 Å². The van der Waals surface area contributed by atoms with Crippen molar-refractivity contribution in [3.05, 3.63) is 35.7 Å². The molecule has 3 N–H and O–H groups in total. The molecule has 2 amide bonds. The van der Waals surface area contributed by atoms with E-state index in [-0.39, 0.29) is 23.7 Å². The van der Waals surface area contributed by atoms with Gasteiger partial charge in [0.05, 0.1) is 12.1 Å². The third kappa shape index (κ3) is 3.07. The highest BCUT2D eigenvalue weighted by molar-refractivity contribution is 7.94. The first-order chi connectivity index (χ1) is 9.10. The van der Waals surface area contributed by atoms with Gasteiger partial charge in [-0.25, -0.2) is 0 Å². The number of nitrogens with two attached hydrogens (primary N) is 1. The maximum Gasteiger partial charge on any atom is 0.322 e. The molecule has 0 spiro atoms. The van der Waals surface area contributed by atoms with Crippen LogP contribution in [-0.2, 0) is 0 Å². The van der Waals surface area contributed by atoms with Gasteiger partial charge in [-0.15, -0.1) is 5.10 Å². The number of aromatic nitrogens is 2. The number of amides is 2. The molecule has 1 aromatic carbocycles. The molecule has 7 nitrogen and oxygen atoms in total. The molecule has 0 radical (unpaired) electrons. The van der Waals surface area contributed by atoms with Crippen LogP contribution in [0.25, 0.3) is 0 Å². The lowest BCUT2D eigenvalue weighted by Crippen LogP contribution is -2.12. The Bertz CT molecular complexity index is 613.